The van der Waals surface area contributed by atoms with Crippen molar-refractivity contribution in [3.8, 4) is 0 Å². The lowest BCUT2D eigenvalue weighted by molar-refractivity contribution is -0.364. The highest BCUT2D eigenvalue weighted by atomic mass is 32.2. The van der Waals surface area contributed by atoms with Crippen LogP contribution in [-0.4, -0.2) is 59.0 Å². The summed E-state index contributed by atoms with van der Waals surface area (Å²) in [5.41, 5.74) is 4.08. The Morgan fingerprint density at radius 1 is 0.600 bits per heavy atom. The summed E-state index contributed by atoms with van der Waals surface area (Å²) in [6, 6.07) is 40.0. The van der Waals surface area contributed by atoms with Crippen LogP contribution in [-0.2, 0) is 50.1 Å². The number of hydrogen-bond donors (Lipinski definition) is 1. The van der Waals surface area contributed by atoms with Gasteiger partial charge in [0.1, 0.15) is 29.0 Å². The van der Waals surface area contributed by atoms with E-state index in [9.17, 15) is 5.11 Å². The largest absolute Gasteiger partial charge is 0.374 e. The second kappa shape index (κ2) is 17.3. The smallest absolute Gasteiger partial charge is 0.217 e. The molecule has 6 nitrogen and oxygen atoms in total. The Hall–Kier alpha value is -2.66. The number of thioether (sulfide) groups is 2. The fourth-order valence-corrected chi connectivity index (χ4v) is 7.33. The van der Waals surface area contributed by atoms with Crippen LogP contribution in [0.2, 0.25) is 0 Å². The summed E-state index contributed by atoms with van der Waals surface area (Å²) < 4.78 is 32.6. The molecule has 0 unspecified atom stereocenters. The lowest BCUT2D eigenvalue weighted by Gasteiger charge is -2.52. The Kier molecular flexibility index (Phi) is 13.0. The van der Waals surface area contributed by atoms with Crippen molar-refractivity contribution in [1.29, 1.82) is 0 Å². The van der Waals surface area contributed by atoms with E-state index in [1.807, 2.05) is 134 Å². The van der Waals surface area contributed by atoms with Gasteiger partial charge in [0, 0.05) is 0 Å². The van der Waals surface area contributed by atoms with Crippen LogP contribution in [0, 0.1) is 0 Å². The first kappa shape index (κ1) is 33.7. The molecule has 8 heteroatoms. The van der Waals surface area contributed by atoms with Crippen LogP contribution in [0.1, 0.15) is 22.3 Å². The summed E-state index contributed by atoms with van der Waals surface area (Å²) in [6.07, 6.45) is 1.16. The fraction of sp³-hybridized carbons (Fsp3) is 0.351. The zero-order chi connectivity index (χ0) is 31.3. The first-order valence-corrected chi connectivity index (χ1v) is 17.7. The molecular weight excluding hydrogens is 605 g/mol. The Bertz CT molecular complexity index is 1380. The molecule has 0 aromatic heterocycles. The third kappa shape index (κ3) is 9.21. The van der Waals surface area contributed by atoms with Crippen LogP contribution >= 0.6 is 23.5 Å². The molecule has 1 fully saturated rings. The highest BCUT2D eigenvalue weighted by Gasteiger charge is 2.59. The summed E-state index contributed by atoms with van der Waals surface area (Å²) in [7, 11) is 0. The molecule has 0 aliphatic carbocycles. The topological polar surface area (TPSA) is 66.4 Å². The van der Waals surface area contributed by atoms with Gasteiger partial charge >= 0.3 is 0 Å². The predicted octanol–water partition coefficient (Wildman–Crippen LogP) is 7.10. The first-order chi connectivity index (χ1) is 22.1. The zero-order valence-electron chi connectivity index (χ0n) is 25.8. The standard InChI is InChI=1S/C37H42O6S2/c1-44-36(45-2)37(38)35(42-26-31-21-13-6-14-22-31)34(41-25-30-19-11-5-12-20-30)33(40-24-29-17-9-4-10-18-29)32(43-37)27-39-23-28-15-7-3-8-16-28/h3-22,32-36,38H,23-27H2,1-2H3/t32-,33-,34+,35-,37-/m1/s1. The average Bonchev–Trinajstić information content (AvgIpc) is 3.09. The van der Waals surface area contributed by atoms with Crippen molar-refractivity contribution in [2.75, 3.05) is 19.1 Å². The molecule has 0 radical (unpaired) electrons. The van der Waals surface area contributed by atoms with Gasteiger partial charge in [0.2, 0.25) is 5.79 Å². The second-order valence-corrected chi connectivity index (χ2v) is 13.1. The lowest BCUT2D eigenvalue weighted by atomic mass is 9.92. The molecule has 45 heavy (non-hydrogen) atoms. The molecule has 5 rings (SSSR count). The minimum absolute atomic E-state index is 0.197. The van der Waals surface area contributed by atoms with Crippen molar-refractivity contribution in [2.45, 2.75) is 61.2 Å². The quantitative estimate of drug-likeness (QED) is 0.129. The maximum atomic E-state index is 12.5. The van der Waals surface area contributed by atoms with E-state index >= 15 is 0 Å². The molecule has 1 aliphatic rings. The van der Waals surface area contributed by atoms with Crippen molar-refractivity contribution in [3.05, 3.63) is 144 Å². The van der Waals surface area contributed by atoms with Crippen molar-refractivity contribution in [3.63, 3.8) is 0 Å². The van der Waals surface area contributed by atoms with E-state index in [2.05, 4.69) is 0 Å². The van der Waals surface area contributed by atoms with E-state index < -0.39 is 30.2 Å². The van der Waals surface area contributed by atoms with Gasteiger partial charge in [-0.3, -0.25) is 0 Å². The minimum Gasteiger partial charge on any atom is -0.374 e. The van der Waals surface area contributed by atoms with Gasteiger partial charge in [0.15, 0.2) is 0 Å². The van der Waals surface area contributed by atoms with E-state index in [1.165, 1.54) is 23.5 Å². The molecule has 238 valence electrons. The molecule has 0 amide bonds. The summed E-state index contributed by atoms with van der Waals surface area (Å²) in [5.74, 6) is -1.71. The van der Waals surface area contributed by atoms with Gasteiger partial charge in [-0.2, -0.15) is 0 Å². The summed E-state index contributed by atoms with van der Waals surface area (Å²) in [6.45, 7) is 1.54. The number of aliphatic hydroxyl groups is 1. The van der Waals surface area contributed by atoms with Crippen LogP contribution in [0.15, 0.2) is 121 Å². The third-order valence-electron chi connectivity index (χ3n) is 7.74. The average molecular weight is 647 g/mol. The van der Waals surface area contributed by atoms with Crippen molar-refractivity contribution >= 4 is 23.5 Å². The molecule has 4 aromatic carbocycles. The molecule has 0 bridgehead atoms. The molecule has 5 atom stereocenters. The Morgan fingerprint density at radius 2 is 1.00 bits per heavy atom. The van der Waals surface area contributed by atoms with Gasteiger partial charge in [-0.1, -0.05) is 121 Å². The molecule has 0 saturated carbocycles. The monoisotopic (exact) mass is 646 g/mol. The van der Waals surface area contributed by atoms with E-state index in [-0.39, 0.29) is 17.8 Å². The number of hydrogen-bond acceptors (Lipinski definition) is 8. The van der Waals surface area contributed by atoms with Crippen LogP contribution < -0.4 is 0 Å². The normalized spacial score (nSPS) is 23.3. The van der Waals surface area contributed by atoms with Crippen LogP contribution in [0.5, 0.6) is 0 Å². The van der Waals surface area contributed by atoms with Crippen LogP contribution in [0.4, 0.5) is 0 Å². The SMILES string of the molecule is CSC(SC)[C@]1(O)O[C@H](COCc2ccccc2)[C@@H](OCc2ccccc2)[C@H](OCc2ccccc2)[C@H]1OCc1ccccc1. The maximum absolute atomic E-state index is 12.5. The van der Waals surface area contributed by atoms with Crippen LogP contribution in [0.25, 0.3) is 0 Å². The zero-order valence-corrected chi connectivity index (χ0v) is 27.4. The first-order valence-electron chi connectivity index (χ1n) is 15.1. The van der Waals surface area contributed by atoms with Crippen molar-refractivity contribution < 1.29 is 28.8 Å². The minimum atomic E-state index is -1.71. The molecular formula is C37H42O6S2. The van der Waals surface area contributed by atoms with Gasteiger partial charge in [-0.05, 0) is 34.8 Å². The number of ether oxygens (including phenoxy) is 5. The Balaban J connectivity index is 1.49. The van der Waals surface area contributed by atoms with Crippen LogP contribution in [0.3, 0.4) is 0 Å². The van der Waals surface area contributed by atoms with Crippen molar-refractivity contribution in [2.24, 2.45) is 0 Å². The molecule has 1 heterocycles. The highest BCUT2D eigenvalue weighted by Crippen LogP contribution is 2.43. The van der Waals surface area contributed by atoms with E-state index in [0.29, 0.717) is 19.8 Å². The summed E-state index contributed by atoms with van der Waals surface area (Å²) in [4.78, 5) is 0. The maximum Gasteiger partial charge on any atom is 0.217 e. The number of rotatable bonds is 16. The van der Waals surface area contributed by atoms with Gasteiger partial charge in [-0.25, -0.2) is 0 Å². The van der Waals surface area contributed by atoms with E-state index in [1.54, 1.807) is 0 Å². The molecule has 1 N–H and O–H groups in total. The molecule has 1 saturated heterocycles. The third-order valence-corrected chi connectivity index (χ3v) is 10.4. The molecule has 0 spiro atoms. The summed E-state index contributed by atoms with van der Waals surface area (Å²) in [5, 5.41) is 12.5. The van der Waals surface area contributed by atoms with Gasteiger partial charge in [0.05, 0.1) is 33.0 Å². The fourth-order valence-electron chi connectivity index (χ4n) is 5.51. The Labute approximate surface area is 275 Å². The van der Waals surface area contributed by atoms with Crippen molar-refractivity contribution in [1.82, 2.24) is 0 Å². The second-order valence-electron chi connectivity index (χ2n) is 11.0. The van der Waals surface area contributed by atoms with Gasteiger partial charge in [0.25, 0.3) is 0 Å². The highest BCUT2D eigenvalue weighted by molar-refractivity contribution is 8.16. The Morgan fingerprint density at radius 3 is 1.44 bits per heavy atom. The lowest BCUT2D eigenvalue weighted by Crippen LogP contribution is -2.69. The van der Waals surface area contributed by atoms with E-state index in [4.69, 9.17) is 23.7 Å². The number of benzene rings is 4. The predicted molar refractivity (Wildman–Crippen MR) is 182 cm³/mol. The summed E-state index contributed by atoms with van der Waals surface area (Å²) >= 11 is 3.04. The van der Waals surface area contributed by atoms with Gasteiger partial charge < -0.3 is 28.8 Å². The molecule has 1 aliphatic heterocycles. The molecule has 4 aromatic rings. The van der Waals surface area contributed by atoms with Gasteiger partial charge in [-0.15, -0.1) is 23.5 Å². The van der Waals surface area contributed by atoms with E-state index in [0.717, 1.165) is 22.3 Å².